The minimum absolute atomic E-state index is 0.286. The molecule has 0 spiro atoms. The molecule has 2 heterocycles. The van der Waals surface area contributed by atoms with Gasteiger partial charge in [-0.15, -0.1) is 11.3 Å². The van der Waals surface area contributed by atoms with Crippen molar-refractivity contribution < 1.29 is 9.53 Å². The van der Waals surface area contributed by atoms with E-state index in [4.69, 9.17) is 4.74 Å². The molecular formula is C13H19NO2S. The lowest BCUT2D eigenvalue weighted by Gasteiger charge is -2.07. The van der Waals surface area contributed by atoms with Gasteiger partial charge in [0, 0.05) is 17.9 Å². The monoisotopic (exact) mass is 253 g/mol. The Morgan fingerprint density at radius 3 is 2.94 bits per heavy atom. The maximum atomic E-state index is 11.8. The zero-order valence-electron chi connectivity index (χ0n) is 10.5. The topological polar surface area (TPSA) is 39.2 Å². The van der Waals surface area contributed by atoms with Gasteiger partial charge in [0.25, 0.3) is 0 Å². The van der Waals surface area contributed by atoms with Gasteiger partial charge in [-0.2, -0.15) is 0 Å². The summed E-state index contributed by atoms with van der Waals surface area (Å²) in [5.74, 6) is 0.286. The number of nitrogens with zero attached hydrogens (tertiary/aromatic N) is 1. The Balaban J connectivity index is 1.76. The molecule has 0 saturated carbocycles. The third-order valence-electron chi connectivity index (χ3n) is 3.19. The van der Waals surface area contributed by atoms with E-state index in [2.05, 4.69) is 4.98 Å². The highest BCUT2D eigenvalue weighted by atomic mass is 32.1. The maximum Gasteiger partial charge on any atom is 0.139 e. The molecule has 1 aromatic rings. The standard InChI is InChI=1S/C13H19NO2S/c1-9-10(2)17-13(14-9)8-11(15)5-6-12-4-3-7-16-12/h12H,3-8H2,1-2H3. The van der Waals surface area contributed by atoms with Crippen LogP contribution in [0.2, 0.25) is 0 Å². The molecule has 94 valence electrons. The number of thiazole rings is 1. The van der Waals surface area contributed by atoms with E-state index in [1.54, 1.807) is 11.3 Å². The molecule has 1 saturated heterocycles. The van der Waals surface area contributed by atoms with E-state index >= 15 is 0 Å². The summed E-state index contributed by atoms with van der Waals surface area (Å²) in [6, 6.07) is 0. The molecule has 0 N–H and O–H groups in total. The molecule has 1 fully saturated rings. The van der Waals surface area contributed by atoms with Crippen LogP contribution in [-0.4, -0.2) is 23.5 Å². The van der Waals surface area contributed by atoms with E-state index < -0.39 is 0 Å². The Hall–Kier alpha value is -0.740. The maximum absolute atomic E-state index is 11.8. The van der Waals surface area contributed by atoms with Crippen LogP contribution >= 0.6 is 11.3 Å². The highest BCUT2D eigenvalue weighted by Crippen LogP contribution is 2.20. The number of ether oxygens (including phenoxy) is 1. The van der Waals surface area contributed by atoms with Gasteiger partial charge in [-0.25, -0.2) is 4.98 Å². The highest BCUT2D eigenvalue weighted by Gasteiger charge is 2.17. The van der Waals surface area contributed by atoms with Gasteiger partial charge in [-0.3, -0.25) is 4.79 Å². The van der Waals surface area contributed by atoms with Crippen molar-refractivity contribution in [2.45, 2.75) is 52.1 Å². The third kappa shape index (κ3) is 3.61. The van der Waals surface area contributed by atoms with Gasteiger partial charge < -0.3 is 4.74 Å². The molecule has 1 aromatic heterocycles. The summed E-state index contributed by atoms with van der Waals surface area (Å²) in [6.45, 7) is 4.91. The van der Waals surface area contributed by atoms with Crippen molar-refractivity contribution >= 4 is 17.1 Å². The number of ketones is 1. The largest absolute Gasteiger partial charge is 0.378 e. The molecule has 1 aliphatic heterocycles. The Morgan fingerprint density at radius 1 is 1.53 bits per heavy atom. The summed E-state index contributed by atoms with van der Waals surface area (Å²) in [5, 5.41) is 0.956. The molecule has 0 amide bonds. The van der Waals surface area contributed by atoms with Crippen molar-refractivity contribution in [1.82, 2.24) is 4.98 Å². The summed E-state index contributed by atoms with van der Waals surface area (Å²) >= 11 is 1.64. The van der Waals surface area contributed by atoms with Crippen LogP contribution in [0.1, 0.15) is 41.3 Å². The number of hydrogen-bond acceptors (Lipinski definition) is 4. The number of carbonyl (C=O) groups is 1. The molecule has 0 aliphatic carbocycles. The first-order valence-corrected chi connectivity index (χ1v) is 7.03. The highest BCUT2D eigenvalue weighted by molar-refractivity contribution is 7.11. The fraction of sp³-hybridized carbons (Fsp3) is 0.692. The van der Waals surface area contributed by atoms with Crippen molar-refractivity contribution in [1.29, 1.82) is 0 Å². The number of aromatic nitrogens is 1. The first kappa shape index (κ1) is 12.7. The van der Waals surface area contributed by atoms with Crippen LogP contribution in [0, 0.1) is 13.8 Å². The smallest absolute Gasteiger partial charge is 0.139 e. The first-order chi connectivity index (χ1) is 8.15. The van der Waals surface area contributed by atoms with Gasteiger partial charge in [0.2, 0.25) is 0 Å². The van der Waals surface area contributed by atoms with E-state index in [1.165, 1.54) is 4.88 Å². The van der Waals surface area contributed by atoms with Gasteiger partial charge in [0.15, 0.2) is 0 Å². The van der Waals surface area contributed by atoms with Crippen LogP contribution in [-0.2, 0) is 16.0 Å². The molecule has 2 rings (SSSR count). The number of aryl methyl sites for hydroxylation is 2. The summed E-state index contributed by atoms with van der Waals surface area (Å²) in [6.07, 6.45) is 4.57. The SMILES string of the molecule is Cc1nc(CC(=O)CCC2CCCO2)sc1C. The fourth-order valence-electron chi connectivity index (χ4n) is 2.07. The third-order valence-corrected chi connectivity index (χ3v) is 4.26. The average molecular weight is 253 g/mol. The van der Waals surface area contributed by atoms with Crippen LogP contribution in [0.3, 0.4) is 0 Å². The minimum atomic E-state index is 0.286. The number of carbonyl (C=O) groups excluding carboxylic acids is 1. The van der Waals surface area contributed by atoms with E-state index in [1.807, 2.05) is 13.8 Å². The molecule has 1 aliphatic rings. The minimum Gasteiger partial charge on any atom is -0.378 e. The van der Waals surface area contributed by atoms with Crippen LogP contribution in [0.15, 0.2) is 0 Å². The molecule has 1 atom stereocenters. The van der Waals surface area contributed by atoms with Crippen LogP contribution in [0.5, 0.6) is 0 Å². The van der Waals surface area contributed by atoms with Gasteiger partial charge >= 0.3 is 0 Å². The second kappa shape index (κ2) is 5.74. The van der Waals surface area contributed by atoms with Gasteiger partial charge in [0.05, 0.1) is 18.2 Å². The zero-order valence-corrected chi connectivity index (χ0v) is 11.3. The molecule has 17 heavy (non-hydrogen) atoms. The summed E-state index contributed by atoms with van der Waals surface area (Å²) in [4.78, 5) is 17.4. The molecule has 4 heteroatoms. The fourth-order valence-corrected chi connectivity index (χ4v) is 3.03. The predicted octanol–water partition coefficient (Wildman–Crippen LogP) is 2.83. The lowest BCUT2D eigenvalue weighted by Crippen LogP contribution is -2.10. The average Bonchev–Trinajstić information content (AvgIpc) is 2.87. The van der Waals surface area contributed by atoms with E-state index in [9.17, 15) is 4.79 Å². The van der Waals surface area contributed by atoms with Crippen LogP contribution in [0.25, 0.3) is 0 Å². The predicted molar refractivity (Wildman–Crippen MR) is 68.5 cm³/mol. The molecular weight excluding hydrogens is 234 g/mol. The first-order valence-electron chi connectivity index (χ1n) is 6.21. The summed E-state index contributed by atoms with van der Waals surface area (Å²) in [7, 11) is 0. The second-order valence-corrected chi connectivity index (χ2v) is 5.93. The van der Waals surface area contributed by atoms with Crippen LogP contribution < -0.4 is 0 Å². The van der Waals surface area contributed by atoms with Crippen molar-refractivity contribution in [3.05, 3.63) is 15.6 Å². The quantitative estimate of drug-likeness (QED) is 0.810. The normalized spacial score (nSPS) is 19.8. The number of rotatable bonds is 5. The molecule has 0 bridgehead atoms. The van der Waals surface area contributed by atoms with E-state index in [-0.39, 0.29) is 5.78 Å². The lowest BCUT2D eigenvalue weighted by atomic mass is 10.1. The Bertz CT molecular complexity index is 375. The van der Waals surface area contributed by atoms with Gasteiger partial charge in [-0.05, 0) is 33.1 Å². The molecule has 0 radical (unpaired) electrons. The molecule has 1 unspecified atom stereocenters. The van der Waals surface area contributed by atoms with Crippen molar-refractivity contribution in [2.24, 2.45) is 0 Å². The van der Waals surface area contributed by atoms with E-state index in [0.29, 0.717) is 18.9 Å². The van der Waals surface area contributed by atoms with Gasteiger partial charge in [-0.1, -0.05) is 0 Å². The summed E-state index contributed by atoms with van der Waals surface area (Å²) in [5.41, 5.74) is 1.05. The summed E-state index contributed by atoms with van der Waals surface area (Å²) < 4.78 is 5.51. The number of Topliss-reactive ketones (excluding diaryl/α,β-unsaturated/α-hetero) is 1. The Kier molecular flexibility index (Phi) is 4.29. The molecule has 3 nitrogen and oxygen atoms in total. The second-order valence-electron chi connectivity index (χ2n) is 4.64. The van der Waals surface area contributed by atoms with Crippen molar-refractivity contribution in [3.8, 4) is 0 Å². The van der Waals surface area contributed by atoms with Crippen molar-refractivity contribution in [2.75, 3.05) is 6.61 Å². The van der Waals surface area contributed by atoms with Crippen molar-refractivity contribution in [3.63, 3.8) is 0 Å². The van der Waals surface area contributed by atoms with E-state index in [0.717, 1.165) is 36.6 Å². The zero-order chi connectivity index (χ0) is 12.3. The van der Waals surface area contributed by atoms with Gasteiger partial charge in [0.1, 0.15) is 10.8 Å². The lowest BCUT2D eigenvalue weighted by molar-refractivity contribution is -0.119. The Morgan fingerprint density at radius 2 is 2.35 bits per heavy atom. The molecule has 0 aromatic carbocycles. The van der Waals surface area contributed by atoms with Crippen LogP contribution in [0.4, 0.5) is 0 Å². The Labute approximate surface area is 106 Å². The number of hydrogen-bond donors (Lipinski definition) is 0.